The minimum absolute atomic E-state index is 0.0284. The molecule has 2 aromatic carbocycles. The standard InChI is InChI=1S/C22H17F9N2O2/c23-20(24,25)15-3-1-2-12(4-15)9-32-19(35)14-7-18(34)33(11-14)10-13-5-16(21(26,27)28)8-17(6-13)22(29,30)31/h1-6,8,14H,7,9-11H2,(H,32,35)/t14-/m0/s1. The summed E-state index contributed by atoms with van der Waals surface area (Å²) in [5.41, 5.74) is -4.22. The molecule has 0 bridgehead atoms. The molecule has 0 saturated carbocycles. The fraction of sp³-hybridized carbons (Fsp3) is 0.364. The molecule has 1 heterocycles. The lowest BCUT2D eigenvalue weighted by molar-refractivity contribution is -0.143. The molecule has 0 spiro atoms. The van der Waals surface area contributed by atoms with Crippen molar-refractivity contribution in [3.05, 3.63) is 70.3 Å². The van der Waals surface area contributed by atoms with Gasteiger partial charge in [0.05, 0.1) is 22.6 Å². The zero-order chi connectivity index (χ0) is 26.2. The number of nitrogens with zero attached hydrogens (tertiary/aromatic N) is 1. The number of halogens is 9. The lowest BCUT2D eigenvalue weighted by atomic mass is 10.0. The Hall–Kier alpha value is -3.25. The summed E-state index contributed by atoms with van der Waals surface area (Å²) < 4.78 is 117. The second-order valence-corrected chi connectivity index (χ2v) is 8.01. The predicted molar refractivity (Wildman–Crippen MR) is 103 cm³/mol. The molecule has 1 saturated heterocycles. The largest absolute Gasteiger partial charge is 0.416 e. The molecule has 13 heteroatoms. The van der Waals surface area contributed by atoms with Crippen molar-refractivity contribution < 1.29 is 49.1 Å². The summed E-state index contributed by atoms with van der Waals surface area (Å²) in [6.45, 7) is -1.12. The predicted octanol–water partition coefficient (Wildman–Crippen LogP) is 5.41. The van der Waals surface area contributed by atoms with E-state index in [1.54, 1.807) is 0 Å². The molecule has 0 aliphatic carbocycles. The number of likely N-dealkylation sites (tertiary alicyclic amines) is 1. The van der Waals surface area contributed by atoms with Crippen LogP contribution in [0.15, 0.2) is 42.5 Å². The SMILES string of the molecule is O=C(NCc1cccc(C(F)(F)F)c1)[C@H]1CC(=O)N(Cc2cc(C(F)(F)F)cc(C(F)(F)F)c2)C1. The van der Waals surface area contributed by atoms with E-state index >= 15 is 0 Å². The summed E-state index contributed by atoms with van der Waals surface area (Å²) in [5, 5.41) is 2.40. The number of amides is 2. The number of hydrogen-bond acceptors (Lipinski definition) is 2. The zero-order valence-corrected chi connectivity index (χ0v) is 17.6. The van der Waals surface area contributed by atoms with E-state index in [9.17, 15) is 49.1 Å². The van der Waals surface area contributed by atoms with E-state index in [1.807, 2.05) is 0 Å². The maximum atomic E-state index is 13.0. The first-order valence-corrected chi connectivity index (χ1v) is 10.0. The van der Waals surface area contributed by atoms with Gasteiger partial charge in [-0.15, -0.1) is 0 Å². The summed E-state index contributed by atoms with van der Waals surface area (Å²) in [6.07, 6.45) is -15.0. The van der Waals surface area contributed by atoms with Gasteiger partial charge in [0.15, 0.2) is 0 Å². The molecule has 0 radical (unpaired) electrons. The molecule has 2 amide bonds. The van der Waals surface area contributed by atoms with E-state index in [1.165, 1.54) is 6.07 Å². The maximum absolute atomic E-state index is 13.0. The van der Waals surface area contributed by atoms with Crippen LogP contribution < -0.4 is 5.32 Å². The molecule has 1 aliphatic rings. The van der Waals surface area contributed by atoms with Crippen LogP contribution in [0.1, 0.15) is 34.2 Å². The molecular formula is C22H17F9N2O2. The number of carbonyl (C=O) groups excluding carboxylic acids is 2. The average molecular weight is 512 g/mol. The first-order valence-electron chi connectivity index (χ1n) is 10.0. The Labute approximate surface area is 192 Å². The van der Waals surface area contributed by atoms with Gasteiger partial charge >= 0.3 is 18.5 Å². The fourth-order valence-corrected chi connectivity index (χ4v) is 3.62. The number of nitrogens with one attached hydrogen (secondary N) is 1. The highest BCUT2D eigenvalue weighted by molar-refractivity contribution is 5.89. The van der Waals surface area contributed by atoms with Crippen molar-refractivity contribution in [2.24, 2.45) is 5.92 Å². The van der Waals surface area contributed by atoms with Gasteiger partial charge in [0.25, 0.3) is 0 Å². The first-order chi connectivity index (χ1) is 16.0. The smallest absolute Gasteiger partial charge is 0.352 e. The van der Waals surface area contributed by atoms with Crippen LogP contribution in [0.5, 0.6) is 0 Å². The van der Waals surface area contributed by atoms with E-state index < -0.39 is 65.1 Å². The Morgan fingerprint density at radius 2 is 1.37 bits per heavy atom. The highest BCUT2D eigenvalue weighted by atomic mass is 19.4. The van der Waals surface area contributed by atoms with Crippen LogP contribution in [0.2, 0.25) is 0 Å². The molecule has 2 aromatic rings. The van der Waals surface area contributed by atoms with Crippen LogP contribution in [-0.2, 0) is 41.2 Å². The number of hydrogen-bond donors (Lipinski definition) is 1. The van der Waals surface area contributed by atoms with Crippen molar-refractivity contribution in [3.63, 3.8) is 0 Å². The molecule has 190 valence electrons. The van der Waals surface area contributed by atoms with Gasteiger partial charge < -0.3 is 10.2 Å². The summed E-state index contributed by atoms with van der Waals surface area (Å²) in [6, 6.07) is 5.20. The molecule has 1 aliphatic heterocycles. The Morgan fingerprint density at radius 1 is 0.829 bits per heavy atom. The van der Waals surface area contributed by atoms with Gasteiger partial charge in [-0.25, -0.2) is 0 Å². The van der Waals surface area contributed by atoms with E-state index in [0.717, 1.165) is 23.1 Å². The van der Waals surface area contributed by atoms with Crippen molar-refractivity contribution >= 4 is 11.8 Å². The molecule has 3 rings (SSSR count). The van der Waals surface area contributed by atoms with Crippen molar-refractivity contribution in [2.45, 2.75) is 38.0 Å². The third kappa shape index (κ3) is 6.67. The van der Waals surface area contributed by atoms with Crippen molar-refractivity contribution in [2.75, 3.05) is 6.54 Å². The minimum Gasteiger partial charge on any atom is -0.352 e. The number of carbonyl (C=O) groups is 2. The van der Waals surface area contributed by atoms with Gasteiger partial charge in [-0.1, -0.05) is 12.1 Å². The lowest BCUT2D eigenvalue weighted by Crippen LogP contribution is -2.32. The minimum atomic E-state index is -5.04. The third-order valence-electron chi connectivity index (χ3n) is 5.33. The molecule has 1 N–H and O–H groups in total. The molecule has 0 aromatic heterocycles. The van der Waals surface area contributed by atoms with Crippen molar-refractivity contribution in [3.8, 4) is 0 Å². The van der Waals surface area contributed by atoms with Gasteiger partial charge in [0, 0.05) is 26.1 Å². The molecule has 35 heavy (non-hydrogen) atoms. The second-order valence-electron chi connectivity index (χ2n) is 8.01. The van der Waals surface area contributed by atoms with Gasteiger partial charge in [-0.3, -0.25) is 9.59 Å². The lowest BCUT2D eigenvalue weighted by Gasteiger charge is -2.19. The van der Waals surface area contributed by atoms with E-state index in [2.05, 4.69) is 5.32 Å². The topological polar surface area (TPSA) is 49.4 Å². The Morgan fingerprint density at radius 3 is 1.91 bits per heavy atom. The first kappa shape index (κ1) is 26.4. The molecule has 0 unspecified atom stereocenters. The Balaban J connectivity index is 1.68. The fourth-order valence-electron chi connectivity index (χ4n) is 3.62. The number of alkyl halides is 9. The van der Waals surface area contributed by atoms with E-state index in [4.69, 9.17) is 0 Å². The normalized spacial score (nSPS) is 17.1. The van der Waals surface area contributed by atoms with Crippen LogP contribution in [-0.4, -0.2) is 23.3 Å². The van der Waals surface area contributed by atoms with E-state index in [-0.39, 0.29) is 31.1 Å². The number of benzene rings is 2. The van der Waals surface area contributed by atoms with Crippen LogP contribution in [0.25, 0.3) is 0 Å². The summed E-state index contributed by atoms with van der Waals surface area (Å²) >= 11 is 0. The van der Waals surface area contributed by atoms with Crippen LogP contribution in [0, 0.1) is 5.92 Å². The quantitative estimate of drug-likeness (QED) is 0.545. The maximum Gasteiger partial charge on any atom is 0.416 e. The van der Waals surface area contributed by atoms with E-state index in [0.29, 0.717) is 12.1 Å². The second kappa shape index (κ2) is 9.42. The Kier molecular flexibility index (Phi) is 7.09. The molecule has 4 nitrogen and oxygen atoms in total. The zero-order valence-electron chi connectivity index (χ0n) is 17.6. The number of rotatable bonds is 5. The monoisotopic (exact) mass is 512 g/mol. The summed E-state index contributed by atoms with van der Waals surface area (Å²) in [7, 11) is 0. The van der Waals surface area contributed by atoms with Crippen molar-refractivity contribution in [1.29, 1.82) is 0 Å². The third-order valence-corrected chi connectivity index (χ3v) is 5.33. The van der Waals surface area contributed by atoms with Crippen molar-refractivity contribution in [1.82, 2.24) is 10.2 Å². The summed E-state index contributed by atoms with van der Waals surface area (Å²) in [4.78, 5) is 25.6. The van der Waals surface area contributed by atoms with Gasteiger partial charge in [-0.05, 0) is 41.5 Å². The van der Waals surface area contributed by atoms with Gasteiger partial charge in [-0.2, -0.15) is 39.5 Å². The highest BCUT2D eigenvalue weighted by Gasteiger charge is 2.38. The molecular weight excluding hydrogens is 495 g/mol. The van der Waals surface area contributed by atoms with Gasteiger partial charge in [0.1, 0.15) is 0 Å². The molecule has 1 atom stereocenters. The average Bonchev–Trinajstić information content (AvgIpc) is 3.10. The molecule has 1 fully saturated rings. The van der Waals surface area contributed by atoms with Crippen LogP contribution >= 0.6 is 0 Å². The Bertz CT molecular complexity index is 1080. The van der Waals surface area contributed by atoms with Crippen LogP contribution in [0.4, 0.5) is 39.5 Å². The highest BCUT2D eigenvalue weighted by Crippen LogP contribution is 2.37. The van der Waals surface area contributed by atoms with Crippen LogP contribution in [0.3, 0.4) is 0 Å². The summed E-state index contributed by atoms with van der Waals surface area (Å²) in [5.74, 6) is -2.31. The van der Waals surface area contributed by atoms with Gasteiger partial charge in [0.2, 0.25) is 11.8 Å².